The Bertz CT molecular complexity index is 1090. The van der Waals surface area contributed by atoms with Gasteiger partial charge in [-0.25, -0.2) is 15.6 Å². The summed E-state index contributed by atoms with van der Waals surface area (Å²) in [5, 5.41) is 14.6. The Balaban J connectivity index is 2.06. The maximum atomic E-state index is 12.1. The maximum absolute atomic E-state index is 12.1. The van der Waals surface area contributed by atoms with Gasteiger partial charge in [0.2, 0.25) is 0 Å². The molecule has 7 nitrogen and oxygen atoms in total. The van der Waals surface area contributed by atoms with Gasteiger partial charge in [-0.2, -0.15) is 5.26 Å². The van der Waals surface area contributed by atoms with Crippen molar-refractivity contribution in [3.8, 4) is 23.1 Å². The van der Waals surface area contributed by atoms with E-state index in [4.69, 9.17) is 10.6 Å². The lowest BCUT2D eigenvalue weighted by Gasteiger charge is -2.19. The van der Waals surface area contributed by atoms with Crippen LogP contribution in [0.25, 0.3) is 22.2 Å². The highest BCUT2D eigenvalue weighted by Gasteiger charge is 2.19. The zero-order chi connectivity index (χ0) is 21.8. The molecule has 156 valence electrons. The first kappa shape index (κ1) is 21.2. The number of nitrogens with two attached hydrogens (primary N) is 1. The molecule has 0 fully saturated rings. The second kappa shape index (κ2) is 8.89. The fraction of sp³-hybridized carbons (Fsp3) is 0.304. The average Bonchev–Trinajstić information content (AvgIpc) is 3.05. The number of carbonyl (C=O) groups excluding carboxylic acids is 1. The lowest BCUT2D eigenvalue weighted by molar-refractivity contribution is 0.244. The Morgan fingerprint density at radius 1 is 1.23 bits per heavy atom. The Hall–Kier alpha value is -3.50. The molecule has 0 saturated carbocycles. The van der Waals surface area contributed by atoms with Crippen molar-refractivity contribution in [3.63, 3.8) is 0 Å². The van der Waals surface area contributed by atoms with Gasteiger partial charge in [-0.1, -0.05) is 12.1 Å². The van der Waals surface area contributed by atoms with E-state index in [9.17, 15) is 10.1 Å². The minimum absolute atomic E-state index is 0.0113. The highest BCUT2D eigenvalue weighted by Crippen LogP contribution is 2.36. The molecule has 2 aromatic carbocycles. The van der Waals surface area contributed by atoms with E-state index in [1.54, 1.807) is 12.1 Å². The van der Waals surface area contributed by atoms with Crippen molar-refractivity contribution >= 4 is 22.6 Å². The fourth-order valence-corrected chi connectivity index (χ4v) is 3.55. The zero-order valence-corrected chi connectivity index (χ0v) is 17.8. The Morgan fingerprint density at radius 3 is 2.50 bits per heavy atom. The van der Waals surface area contributed by atoms with E-state index >= 15 is 0 Å². The molecular formula is C23H27N5O2. The van der Waals surface area contributed by atoms with Crippen molar-refractivity contribution in [2.45, 2.75) is 40.3 Å². The third-order valence-corrected chi connectivity index (χ3v) is 4.82. The number of rotatable bonds is 6. The quantitative estimate of drug-likeness (QED) is 0.361. The number of hydrogen-bond acceptors (Lipinski definition) is 4. The van der Waals surface area contributed by atoms with Gasteiger partial charge >= 0.3 is 6.03 Å². The normalized spacial score (nSPS) is 10.8. The Labute approximate surface area is 176 Å². The number of hydrazine groups is 1. The van der Waals surface area contributed by atoms with Crippen LogP contribution in [0.1, 0.15) is 33.3 Å². The van der Waals surface area contributed by atoms with E-state index < -0.39 is 0 Å². The van der Waals surface area contributed by atoms with Crippen LogP contribution in [0.2, 0.25) is 0 Å². The zero-order valence-electron chi connectivity index (χ0n) is 17.8. The van der Waals surface area contributed by atoms with Gasteiger partial charge < -0.3 is 14.6 Å². The molecule has 1 aromatic heterocycles. The molecule has 0 radical (unpaired) electrons. The number of urea groups is 1. The highest BCUT2D eigenvalue weighted by molar-refractivity contribution is 5.96. The number of carbonyl (C=O) groups is 1. The molecule has 3 rings (SSSR count). The molecule has 3 N–H and O–H groups in total. The summed E-state index contributed by atoms with van der Waals surface area (Å²) in [4.78, 5) is 12.1. The monoisotopic (exact) mass is 405 g/mol. The lowest BCUT2D eigenvalue weighted by Crippen LogP contribution is -2.47. The summed E-state index contributed by atoms with van der Waals surface area (Å²) in [6.45, 7) is 9.01. The molecular weight excluding hydrogens is 378 g/mol. The molecule has 0 atom stereocenters. The van der Waals surface area contributed by atoms with Crippen LogP contribution in [0.4, 0.5) is 10.5 Å². The van der Waals surface area contributed by atoms with Gasteiger partial charge in [0.15, 0.2) is 0 Å². The number of nitrogens with one attached hydrogen (secondary N) is 1. The number of nitriles is 1. The molecule has 30 heavy (non-hydrogen) atoms. The van der Waals surface area contributed by atoms with E-state index in [0.29, 0.717) is 24.4 Å². The lowest BCUT2D eigenvalue weighted by atomic mass is 10.1. The van der Waals surface area contributed by atoms with Crippen LogP contribution in [0.15, 0.2) is 42.5 Å². The van der Waals surface area contributed by atoms with E-state index in [2.05, 4.69) is 16.0 Å². The SMILES string of the molecule is CCOc1ccc2c(c1)c(C#N)c(-c1ccc(N(N)C(=O)NC(C)C)cc1)n2CC. The third-order valence-electron chi connectivity index (χ3n) is 4.82. The van der Waals surface area contributed by atoms with Gasteiger partial charge in [-0.3, -0.25) is 0 Å². The fourth-order valence-electron chi connectivity index (χ4n) is 3.55. The number of ether oxygens (including phenoxy) is 1. The van der Waals surface area contributed by atoms with Crippen molar-refractivity contribution in [1.82, 2.24) is 9.88 Å². The molecule has 0 unspecified atom stereocenters. The van der Waals surface area contributed by atoms with Gasteiger partial charge in [0, 0.05) is 18.0 Å². The summed E-state index contributed by atoms with van der Waals surface area (Å²) in [7, 11) is 0. The van der Waals surface area contributed by atoms with Crippen LogP contribution < -0.4 is 20.9 Å². The van der Waals surface area contributed by atoms with E-state index in [1.165, 1.54) is 0 Å². The minimum Gasteiger partial charge on any atom is -0.494 e. The number of nitrogens with zero attached hydrogens (tertiary/aromatic N) is 3. The van der Waals surface area contributed by atoms with Crippen molar-refractivity contribution in [1.29, 1.82) is 5.26 Å². The van der Waals surface area contributed by atoms with Crippen LogP contribution in [0.5, 0.6) is 5.75 Å². The predicted octanol–water partition coefficient (Wildman–Crippen LogP) is 4.40. The standard InChI is InChI=1S/C23H27N5O2/c1-5-27-21-12-11-18(30-6-2)13-19(21)20(14-24)22(27)16-7-9-17(10-8-16)28(25)23(29)26-15(3)4/h7-13,15H,5-6,25H2,1-4H3,(H,26,29). The van der Waals surface area contributed by atoms with Crippen LogP contribution >= 0.6 is 0 Å². The molecule has 1 heterocycles. The van der Waals surface area contributed by atoms with Crippen molar-refractivity contribution in [3.05, 3.63) is 48.0 Å². The smallest absolute Gasteiger partial charge is 0.336 e. The van der Waals surface area contributed by atoms with Gasteiger partial charge in [-0.15, -0.1) is 0 Å². The van der Waals surface area contributed by atoms with Crippen molar-refractivity contribution in [2.75, 3.05) is 11.6 Å². The Morgan fingerprint density at radius 2 is 1.93 bits per heavy atom. The van der Waals surface area contributed by atoms with Gasteiger partial charge in [0.05, 0.1) is 29.1 Å². The van der Waals surface area contributed by atoms with Gasteiger partial charge in [0.1, 0.15) is 11.8 Å². The molecule has 0 aliphatic carbocycles. The number of fused-ring (bicyclic) bond motifs is 1. The largest absolute Gasteiger partial charge is 0.494 e. The maximum Gasteiger partial charge on any atom is 0.336 e. The number of benzene rings is 2. The van der Waals surface area contributed by atoms with Gasteiger partial charge in [0.25, 0.3) is 0 Å². The molecule has 7 heteroatoms. The van der Waals surface area contributed by atoms with Crippen LogP contribution in [0, 0.1) is 11.3 Å². The predicted molar refractivity (Wildman–Crippen MR) is 119 cm³/mol. The summed E-state index contributed by atoms with van der Waals surface area (Å²) in [6.07, 6.45) is 0. The second-order valence-corrected chi connectivity index (χ2v) is 7.21. The highest BCUT2D eigenvalue weighted by atomic mass is 16.5. The second-order valence-electron chi connectivity index (χ2n) is 7.21. The van der Waals surface area contributed by atoms with E-state index in [-0.39, 0.29) is 12.1 Å². The molecule has 2 amide bonds. The third kappa shape index (κ3) is 3.95. The molecule has 0 saturated heterocycles. The minimum atomic E-state index is -0.374. The van der Waals surface area contributed by atoms with Crippen LogP contribution in [0.3, 0.4) is 0 Å². The van der Waals surface area contributed by atoms with E-state index in [0.717, 1.165) is 32.9 Å². The first-order chi connectivity index (χ1) is 14.4. The summed E-state index contributed by atoms with van der Waals surface area (Å²) in [6, 6.07) is 15.1. The number of amides is 2. The van der Waals surface area contributed by atoms with Crippen LogP contribution in [-0.4, -0.2) is 23.2 Å². The van der Waals surface area contributed by atoms with Crippen LogP contribution in [-0.2, 0) is 6.54 Å². The number of aromatic nitrogens is 1. The summed E-state index contributed by atoms with van der Waals surface area (Å²) >= 11 is 0. The van der Waals surface area contributed by atoms with Crippen molar-refractivity contribution < 1.29 is 9.53 Å². The first-order valence-corrected chi connectivity index (χ1v) is 10.1. The number of aryl methyl sites for hydroxylation is 1. The summed E-state index contributed by atoms with van der Waals surface area (Å²) < 4.78 is 7.73. The summed E-state index contributed by atoms with van der Waals surface area (Å²) in [5.41, 5.74) is 3.86. The Kier molecular flexibility index (Phi) is 6.28. The average molecular weight is 406 g/mol. The molecule has 0 bridgehead atoms. The van der Waals surface area contributed by atoms with E-state index in [1.807, 2.05) is 58.0 Å². The summed E-state index contributed by atoms with van der Waals surface area (Å²) in [5.74, 6) is 6.69. The molecule has 0 aliphatic rings. The van der Waals surface area contributed by atoms with Gasteiger partial charge in [-0.05, 0) is 63.6 Å². The molecule has 3 aromatic rings. The topological polar surface area (TPSA) is 96.3 Å². The number of hydrogen-bond donors (Lipinski definition) is 2. The molecule has 0 aliphatic heterocycles. The number of anilines is 1. The van der Waals surface area contributed by atoms with Crippen molar-refractivity contribution in [2.24, 2.45) is 5.84 Å². The first-order valence-electron chi connectivity index (χ1n) is 10.1. The molecule has 0 spiro atoms.